The molecule has 2 aromatic heterocycles. The van der Waals surface area contributed by atoms with Crippen LogP contribution in [0.1, 0.15) is 5.82 Å². The largest absolute Gasteiger partial charge is 0.481 e. The van der Waals surface area contributed by atoms with Gasteiger partial charge in [-0.15, -0.1) is 0 Å². The van der Waals surface area contributed by atoms with Gasteiger partial charge < -0.3 is 15.0 Å². The van der Waals surface area contributed by atoms with Crippen molar-refractivity contribution >= 4 is 27.8 Å². The fourth-order valence-corrected chi connectivity index (χ4v) is 2.83. The van der Waals surface area contributed by atoms with Gasteiger partial charge >= 0.3 is 0 Å². The molecule has 26 heavy (non-hydrogen) atoms. The molecule has 2 aromatic carbocycles. The predicted molar refractivity (Wildman–Crippen MR) is 100 cm³/mol. The number of carbonyl (C=O) groups excluding carboxylic acids is 1. The van der Waals surface area contributed by atoms with Gasteiger partial charge in [-0.05, 0) is 24.3 Å². The van der Waals surface area contributed by atoms with Gasteiger partial charge in [0.05, 0.1) is 11.0 Å². The molecule has 0 radical (unpaired) electrons. The first-order valence-electron chi connectivity index (χ1n) is 8.46. The summed E-state index contributed by atoms with van der Waals surface area (Å²) in [4.78, 5) is 24.1. The smallest absolute Gasteiger partial charge is 0.257 e. The SMILES string of the molecule is O=C(COc1cccc2cccnc12)NCCc1nc2ccccc2[nH]1. The van der Waals surface area contributed by atoms with E-state index in [0.29, 0.717) is 18.7 Å². The summed E-state index contributed by atoms with van der Waals surface area (Å²) in [5, 5.41) is 3.83. The zero-order valence-corrected chi connectivity index (χ0v) is 14.1. The molecule has 0 spiro atoms. The van der Waals surface area contributed by atoms with Gasteiger partial charge in [-0.25, -0.2) is 4.98 Å². The van der Waals surface area contributed by atoms with Gasteiger partial charge in [0.25, 0.3) is 5.91 Å². The highest BCUT2D eigenvalue weighted by atomic mass is 16.5. The van der Waals surface area contributed by atoms with Crippen LogP contribution in [0.15, 0.2) is 60.8 Å². The third-order valence-electron chi connectivity index (χ3n) is 4.08. The van der Waals surface area contributed by atoms with Crippen molar-refractivity contribution in [3.05, 3.63) is 66.6 Å². The minimum absolute atomic E-state index is 0.0458. The molecule has 0 fully saturated rings. The molecule has 2 heterocycles. The minimum Gasteiger partial charge on any atom is -0.481 e. The summed E-state index contributed by atoms with van der Waals surface area (Å²) in [5.74, 6) is 1.29. The van der Waals surface area contributed by atoms with Crippen LogP contribution in [0.3, 0.4) is 0 Å². The van der Waals surface area contributed by atoms with Crippen LogP contribution < -0.4 is 10.1 Å². The Morgan fingerprint density at radius 3 is 2.88 bits per heavy atom. The predicted octanol–water partition coefficient (Wildman–Crippen LogP) is 2.85. The van der Waals surface area contributed by atoms with E-state index in [2.05, 4.69) is 20.3 Å². The van der Waals surface area contributed by atoms with Crippen molar-refractivity contribution in [2.24, 2.45) is 0 Å². The molecule has 0 aliphatic rings. The Hall–Kier alpha value is -3.41. The molecule has 0 saturated carbocycles. The van der Waals surface area contributed by atoms with Gasteiger partial charge in [0, 0.05) is 24.5 Å². The number of nitrogens with one attached hydrogen (secondary N) is 2. The Morgan fingerprint density at radius 2 is 1.96 bits per heavy atom. The topological polar surface area (TPSA) is 79.9 Å². The summed E-state index contributed by atoms with van der Waals surface area (Å²) in [7, 11) is 0. The number of ether oxygens (including phenoxy) is 1. The van der Waals surface area contributed by atoms with E-state index in [0.717, 1.165) is 27.8 Å². The first-order valence-corrected chi connectivity index (χ1v) is 8.46. The maximum absolute atomic E-state index is 12.0. The molecule has 0 aliphatic carbocycles. The van der Waals surface area contributed by atoms with Gasteiger partial charge in [-0.3, -0.25) is 9.78 Å². The number of aromatic nitrogens is 3. The number of rotatable bonds is 6. The first-order chi connectivity index (χ1) is 12.8. The normalized spacial score (nSPS) is 10.9. The number of para-hydroxylation sites is 3. The van der Waals surface area contributed by atoms with Gasteiger partial charge in [0.2, 0.25) is 0 Å². The molecule has 1 amide bonds. The van der Waals surface area contributed by atoms with Gasteiger partial charge in [0.15, 0.2) is 6.61 Å². The second-order valence-corrected chi connectivity index (χ2v) is 5.92. The lowest BCUT2D eigenvalue weighted by molar-refractivity contribution is -0.123. The number of pyridine rings is 1. The second-order valence-electron chi connectivity index (χ2n) is 5.92. The summed E-state index contributed by atoms with van der Waals surface area (Å²) in [6, 6.07) is 17.4. The van der Waals surface area contributed by atoms with E-state index in [1.54, 1.807) is 6.20 Å². The molecule has 6 heteroatoms. The molecule has 6 nitrogen and oxygen atoms in total. The summed E-state index contributed by atoms with van der Waals surface area (Å²) in [5.41, 5.74) is 2.69. The Kier molecular flexibility index (Phi) is 4.47. The zero-order valence-electron chi connectivity index (χ0n) is 14.1. The minimum atomic E-state index is -0.172. The van der Waals surface area contributed by atoms with Crippen LogP contribution in [0.5, 0.6) is 5.75 Å². The zero-order chi connectivity index (χ0) is 17.8. The van der Waals surface area contributed by atoms with Crippen LogP contribution in [0.4, 0.5) is 0 Å². The van der Waals surface area contributed by atoms with E-state index >= 15 is 0 Å². The third-order valence-corrected chi connectivity index (χ3v) is 4.08. The van der Waals surface area contributed by atoms with E-state index in [9.17, 15) is 4.79 Å². The summed E-state index contributed by atoms with van der Waals surface area (Å²) in [6.45, 7) is 0.450. The molecule has 0 saturated heterocycles. The molecular formula is C20H18N4O2. The van der Waals surface area contributed by atoms with Gasteiger partial charge in [-0.2, -0.15) is 0 Å². The molecule has 0 bridgehead atoms. The molecule has 2 N–H and O–H groups in total. The Bertz CT molecular complexity index is 1020. The number of aromatic amines is 1. The number of fused-ring (bicyclic) bond motifs is 2. The summed E-state index contributed by atoms with van der Waals surface area (Å²) >= 11 is 0. The van der Waals surface area contributed by atoms with Gasteiger partial charge in [-0.1, -0.05) is 30.3 Å². The number of imidazole rings is 1. The number of carbonyl (C=O) groups is 1. The fraction of sp³-hybridized carbons (Fsp3) is 0.150. The number of hydrogen-bond donors (Lipinski definition) is 2. The van der Waals surface area contributed by atoms with E-state index < -0.39 is 0 Å². The standard InChI is InChI=1S/C20H18N4O2/c25-19(13-26-17-9-3-5-14-6-4-11-22-20(14)17)21-12-10-18-23-15-7-1-2-8-16(15)24-18/h1-9,11H,10,12-13H2,(H,21,25)(H,23,24). The van der Waals surface area contributed by atoms with Crippen LogP contribution in [0.2, 0.25) is 0 Å². The third kappa shape index (κ3) is 3.49. The van der Waals surface area contributed by atoms with E-state index in [4.69, 9.17) is 4.74 Å². The van der Waals surface area contributed by atoms with Crippen molar-refractivity contribution < 1.29 is 9.53 Å². The van der Waals surface area contributed by atoms with Crippen molar-refractivity contribution in [2.45, 2.75) is 6.42 Å². The van der Waals surface area contributed by atoms with Crippen molar-refractivity contribution in [3.63, 3.8) is 0 Å². The number of H-pyrrole nitrogens is 1. The van der Waals surface area contributed by atoms with E-state index in [1.807, 2.05) is 54.6 Å². The van der Waals surface area contributed by atoms with Crippen LogP contribution in [0, 0.1) is 0 Å². The average molecular weight is 346 g/mol. The van der Waals surface area contributed by atoms with Crippen LogP contribution in [0.25, 0.3) is 21.9 Å². The second kappa shape index (κ2) is 7.23. The number of hydrogen-bond acceptors (Lipinski definition) is 4. The number of benzene rings is 2. The lowest BCUT2D eigenvalue weighted by Crippen LogP contribution is -2.30. The van der Waals surface area contributed by atoms with Crippen LogP contribution in [-0.4, -0.2) is 34.0 Å². The first kappa shape index (κ1) is 16.1. The molecule has 0 unspecified atom stereocenters. The molecule has 130 valence electrons. The van der Waals surface area contributed by atoms with Crippen molar-refractivity contribution in [2.75, 3.05) is 13.2 Å². The maximum atomic E-state index is 12.0. The highest BCUT2D eigenvalue weighted by Crippen LogP contribution is 2.22. The molecule has 0 atom stereocenters. The van der Waals surface area contributed by atoms with Crippen LogP contribution >= 0.6 is 0 Å². The van der Waals surface area contributed by atoms with Gasteiger partial charge in [0.1, 0.15) is 17.1 Å². The lowest BCUT2D eigenvalue weighted by Gasteiger charge is -2.08. The Balaban J connectivity index is 1.30. The molecule has 4 aromatic rings. The number of amides is 1. The Morgan fingerprint density at radius 1 is 1.08 bits per heavy atom. The maximum Gasteiger partial charge on any atom is 0.257 e. The highest BCUT2D eigenvalue weighted by molar-refractivity contribution is 5.85. The fourth-order valence-electron chi connectivity index (χ4n) is 2.83. The van der Waals surface area contributed by atoms with Crippen molar-refractivity contribution in [1.29, 1.82) is 0 Å². The molecule has 0 aliphatic heterocycles. The van der Waals surface area contributed by atoms with E-state index in [1.165, 1.54) is 0 Å². The average Bonchev–Trinajstić information content (AvgIpc) is 3.09. The van der Waals surface area contributed by atoms with Crippen molar-refractivity contribution in [1.82, 2.24) is 20.3 Å². The lowest BCUT2D eigenvalue weighted by atomic mass is 10.2. The highest BCUT2D eigenvalue weighted by Gasteiger charge is 2.07. The van der Waals surface area contributed by atoms with Crippen LogP contribution in [-0.2, 0) is 11.2 Å². The molecular weight excluding hydrogens is 328 g/mol. The summed E-state index contributed by atoms with van der Waals surface area (Å²) < 4.78 is 5.63. The molecule has 4 rings (SSSR count). The quantitative estimate of drug-likeness (QED) is 0.563. The Labute approximate surface area is 150 Å². The summed E-state index contributed by atoms with van der Waals surface area (Å²) in [6.07, 6.45) is 2.35. The number of nitrogens with zero attached hydrogens (tertiary/aromatic N) is 2. The van der Waals surface area contributed by atoms with E-state index in [-0.39, 0.29) is 12.5 Å². The van der Waals surface area contributed by atoms with Crippen molar-refractivity contribution in [3.8, 4) is 5.75 Å². The monoisotopic (exact) mass is 346 g/mol.